The van der Waals surface area contributed by atoms with Crippen LogP contribution in [-0.2, 0) is 0 Å². The van der Waals surface area contributed by atoms with E-state index in [2.05, 4.69) is 4.98 Å². The van der Waals surface area contributed by atoms with E-state index in [0.29, 0.717) is 21.6 Å². The molecule has 0 saturated heterocycles. The molecule has 3 aromatic rings. The molecule has 0 aliphatic heterocycles. The number of aromatic amines is 1. The number of anilines is 1. The molecular weight excluding hydrogens is 236 g/mol. The molecule has 0 aliphatic rings. The van der Waals surface area contributed by atoms with E-state index >= 15 is 0 Å². The molecule has 3 N–H and O–H groups in total. The first kappa shape index (κ1) is 10.2. The molecule has 0 atom stereocenters. The number of hydrogen-bond acceptors (Lipinski definition) is 2. The molecule has 0 saturated carbocycles. The van der Waals surface area contributed by atoms with Gasteiger partial charge in [0.1, 0.15) is 0 Å². The lowest BCUT2D eigenvalue weighted by atomic mass is 10.1. The molecule has 3 nitrogen and oxygen atoms in total. The minimum absolute atomic E-state index is 0.116. The van der Waals surface area contributed by atoms with Crippen molar-refractivity contribution in [3.63, 3.8) is 0 Å². The van der Waals surface area contributed by atoms with Crippen LogP contribution in [0.5, 0.6) is 0 Å². The summed E-state index contributed by atoms with van der Waals surface area (Å²) >= 11 is 6.01. The smallest absolute Gasteiger partial charge is 0.256 e. The maximum atomic E-state index is 11.9. The summed E-state index contributed by atoms with van der Waals surface area (Å²) in [4.78, 5) is 14.7. The standard InChI is InChI=1S/C13H9ClN2O/c14-10-5-9-7-3-1-2-4-8(7)13(17)16-12(9)6-11(10)15/h1-6H,15H2,(H,16,17). The van der Waals surface area contributed by atoms with Crippen LogP contribution in [0.3, 0.4) is 0 Å². The summed E-state index contributed by atoms with van der Waals surface area (Å²) in [6.45, 7) is 0. The second-order valence-corrected chi connectivity index (χ2v) is 4.33. The molecule has 3 rings (SSSR count). The SMILES string of the molecule is Nc1cc2[nH]c(=O)c3ccccc3c2cc1Cl. The second-order valence-electron chi connectivity index (χ2n) is 3.92. The molecule has 0 fully saturated rings. The zero-order chi connectivity index (χ0) is 12.0. The third-order valence-electron chi connectivity index (χ3n) is 2.85. The van der Waals surface area contributed by atoms with Crippen LogP contribution in [0, 0.1) is 0 Å². The predicted octanol–water partition coefficient (Wildman–Crippen LogP) is 2.92. The van der Waals surface area contributed by atoms with Crippen molar-refractivity contribution in [3.8, 4) is 0 Å². The van der Waals surface area contributed by atoms with Crippen molar-refractivity contribution in [1.29, 1.82) is 0 Å². The van der Waals surface area contributed by atoms with E-state index < -0.39 is 0 Å². The molecule has 0 aliphatic carbocycles. The van der Waals surface area contributed by atoms with Gasteiger partial charge >= 0.3 is 0 Å². The summed E-state index contributed by atoms with van der Waals surface area (Å²) in [5.41, 5.74) is 6.78. The van der Waals surface area contributed by atoms with E-state index in [0.717, 1.165) is 10.8 Å². The number of nitrogens with two attached hydrogens (primary N) is 1. The Morgan fingerprint density at radius 1 is 1.06 bits per heavy atom. The average Bonchev–Trinajstić information content (AvgIpc) is 2.32. The summed E-state index contributed by atoms with van der Waals surface area (Å²) in [5.74, 6) is 0. The minimum Gasteiger partial charge on any atom is -0.397 e. The third kappa shape index (κ3) is 1.47. The Morgan fingerprint density at radius 2 is 1.76 bits per heavy atom. The predicted molar refractivity (Wildman–Crippen MR) is 71.5 cm³/mol. The fourth-order valence-corrected chi connectivity index (χ4v) is 2.19. The van der Waals surface area contributed by atoms with Crippen molar-refractivity contribution in [2.75, 3.05) is 5.73 Å². The summed E-state index contributed by atoms with van der Waals surface area (Å²) in [7, 11) is 0. The highest BCUT2D eigenvalue weighted by atomic mass is 35.5. The van der Waals surface area contributed by atoms with Crippen LogP contribution in [0.2, 0.25) is 5.02 Å². The number of H-pyrrole nitrogens is 1. The fourth-order valence-electron chi connectivity index (χ4n) is 2.02. The van der Waals surface area contributed by atoms with Crippen molar-refractivity contribution in [2.24, 2.45) is 0 Å². The molecule has 84 valence electrons. The zero-order valence-corrected chi connectivity index (χ0v) is 9.58. The van der Waals surface area contributed by atoms with Gasteiger partial charge in [0.25, 0.3) is 5.56 Å². The monoisotopic (exact) mass is 244 g/mol. The van der Waals surface area contributed by atoms with Crippen LogP contribution in [0.4, 0.5) is 5.69 Å². The van der Waals surface area contributed by atoms with Crippen molar-refractivity contribution >= 4 is 39.0 Å². The van der Waals surface area contributed by atoms with Gasteiger partial charge in [0, 0.05) is 10.8 Å². The maximum Gasteiger partial charge on any atom is 0.256 e. The van der Waals surface area contributed by atoms with Gasteiger partial charge < -0.3 is 10.7 Å². The highest BCUT2D eigenvalue weighted by Crippen LogP contribution is 2.28. The van der Waals surface area contributed by atoms with Gasteiger partial charge in [-0.2, -0.15) is 0 Å². The first-order valence-corrected chi connectivity index (χ1v) is 5.54. The fraction of sp³-hybridized carbons (Fsp3) is 0. The van der Waals surface area contributed by atoms with E-state index in [1.807, 2.05) is 18.2 Å². The summed E-state index contributed by atoms with van der Waals surface area (Å²) in [6.07, 6.45) is 0. The van der Waals surface area contributed by atoms with Crippen LogP contribution >= 0.6 is 11.6 Å². The number of fused-ring (bicyclic) bond motifs is 3. The Balaban J connectivity index is 2.64. The van der Waals surface area contributed by atoms with Crippen LogP contribution in [0.1, 0.15) is 0 Å². The molecule has 0 unspecified atom stereocenters. The van der Waals surface area contributed by atoms with Crippen molar-refractivity contribution in [3.05, 3.63) is 51.8 Å². The number of nitrogen functional groups attached to an aromatic ring is 1. The topological polar surface area (TPSA) is 58.9 Å². The van der Waals surface area contributed by atoms with Gasteiger partial charge in [-0.3, -0.25) is 4.79 Å². The first-order chi connectivity index (χ1) is 8.16. The minimum atomic E-state index is -0.116. The molecule has 0 bridgehead atoms. The lowest BCUT2D eigenvalue weighted by Gasteiger charge is -2.05. The second kappa shape index (κ2) is 3.50. The van der Waals surface area contributed by atoms with E-state index in [4.69, 9.17) is 17.3 Å². The van der Waals surface area contributed by atoms with Crippen molar-refractivity contribution in [2.45, 2.75) is 0 Å². The number of pyridine rings is 1. The van der Waals surface area contributed by atoms with Crippen LogP contribution in [-0.4, -0.2) is 4.98 Å². The molecular formula is C13H9ClN2O. The number of halogens is 1. The van der Waals surface area contributed by atoms with Crippen LogP contribution < -0.4 is 11.3 Å². The highest BCUT2D eigenvalue weighted by Gasteiger charge is 2.06. The van der Waals surface area contributed by atoms with Crippen LogP contribution in [0.15, 0.2) is 41.2 Å². The number of benzene rings is 2. The lowest BCUT2D eigenvalue weighted by Crippen LogP contribution is -2.06. The number of rotatable bonds is 0. The summed E-state index contributed by atoms with van der Waals surface area (Å²) < 4.78 is 0. The number of nitrogens with one attached hydrogen (secondary N) is 1. The van der Waals surface area contributed by atoms with Gasteiger partial charge in [0.15, 0.2) is 0 Å². The van der Waals surface area contributed by atoms with Crippen molar-refractivity contribution < 1.29 is 0 Å². The maximum absolute atomic E-state index is 11.9. The quantitative estimate of drug-likeness (QED) is 0.472. The summed E-state index contributed by atoms with van der Waals surface area (Å²) in [5, 5.41) is 2.93. The van der Waals surface area contributed by atoms with E-state index in [9.17, 15) is 4.79 Å². The normalized spacial score (nSPS) is 11.1. The number of aromatic nitrogens is 1. The summed E-state index contributed by atoms with van der Waals surface area (Å²) in [6, 6.07) is 10.9. The molecule has 17 heavy (non-hydrogen) atoms. The molecule has 0 radical (unpaired) electrons. The molecule has 1 heterocycles. The van der Waals surface area contributed by atoms with Crippen LogP contribution in [0.25, 0.3) is 21.7 Å². The average molecular weight is 245 g/mol. The Bertz CT molecular complexity index is 792. The Kier molecular flexibility index (Phi) is 2.09. The largest absolute Gasteiger partial charge is 0.397 e. The van der Waals surface area contributed by atoms with E-state index in [-0.39, 0.29) is 5.56 Å². The number of hydrogen-bond donors (Lipinski definition) is 2. The zero-order valence-electron chi connectivity index (χ0n) is 8.83. The van der Waals surface area contributed by atoms with Gasteiger partial charge in [-0.05, 0) is 23.6 Å². The molecule has 2 aromatic carbocycles. The highest BCUT2D eigenvalue weighted by molar-refractivity contribution is 6.34. The Labute approximate surface area is 102 Å². The molecule has 0 spiro atoms. The van der Waals surface area contributed by atoms with Gasteiger partial charge in [0.2, 0.25) is 0 Å². The van der Waals surface area contributed by atoms with Gasteiger partial charge in [-0.1, -0.05) is 29.8 Å². The molecule has 1 aromatic heterocycles. The van der Waals surface area contributed by atoms with E-state index in [1.54, 1.807) is 18.2 Å². The Hall–Kier alpha value is -2.00. The van der Waals surface area contributed by atoms with Gasteiger partial charge in [-0.15, -0.1) is 0 Å². The first-order valence-electron chi connectivity index (χ1n) is 5.16. The van der Waals surface area contributed by atoms with Gasteiger partial charge in [0.05, 0.1) is 16.2 Å². The third-order valence-corrected chi connectivity index (χ3v) is 3.17. The molecule has 4 heteroatoms. The van der Waals surface area contributed by atoms with E-state index in [1.165, 1.54) is 0 Å². The lowest BCUT2D eigenvalue weighted by molar-refractivity contribution is 1.34. The van der Waals surface area contributed by atoms with Crippen molar-refractivity contribution in [1.82, 2.24) is 4.98 Å². The Morgan fingerprint density at radius 3 is 2.53 bits per heavy atom. The molecule has 0 amide bonds. The van der Waals surface area contributed by atoms with Gasteiger partial charge in [-0.25, -0.2) is 0 Å².